The van der Waals surface area contributed by atoms with Crippen molar-refractivity contribution in [2.24, 2.45) is 0 Å². The van der Waals surface area contributed by atoms with E-state index in [1.807, 2.05) is 0 Å². The van der Waals surface area contributed by atoms with Gasteiger partial charge in [0.15, 0.2) is 0 Å². The van der Waals surface area contributed by atoms with Gasteiger partial charge in [-0.25, -0.2) is 9.36 Å². The second-order valence-corrected chi connectivity index (χ2v) is 5.60. The van der Waals surface area contributed by atoms with Crippen LogP contribution in [-0.4, -0.2) is 62.2 Å². The van der Waals surface area contributed by atoms with Crippen molar-refractivity contribution in [2.45, 2.75) is 31.1 Å². The summed E-state index contributed by atoms with van der Waals surface area (Å²) >= 11 is 0. The summed E-state index contributed by atoms with van der Waals surface area (Å²) in [5, 5.41) is 21.1. The van der Waals surface area contributed by atoms with E-state index in [2.05, 4.69) is 9.84 Å². The van der Waals surface area contributed by atoms with Crippen LogP contribution < -0.4 is 5.32 Å². The number of phosphoric acid groups is 1. The number of amides is 2. The molecule has 114 valence electrons. The van der Waals surface area contributed by atoms with Crippen molar-refractivity contribution in [3.8, 4) is 0 Å². The molecule has 2 aliphatic heterocycles. The summed E-state index contributed by atoms with van der Waals surface area (Å²) in [5.74, 6) is 0. The Morgan fingerprint density at radius 2 is 2.20 bits per heavy atom. The van der Waals surface area contributed by atoms with Crippen LogP contribution in [0.3, 0.4) is 0 Å². The van der Waals surface area contributed by atoms with Gasteiger partial charge in [0.25, 0.3) is 0 Å². The topological polar surface area (TPSA) is 149 Å². The Labute approximate surface area is 113 Å². The fourth-order valence-electron chi connectivity index (χ4n) is 1.92. The summed E-state index contributed by atoms with van der Waals surface area (Å²) in [6.45, 7) is -0.496. The lowest BCUT2D eigenvalue weighted by Gasteiger charge is -2.29. The zero-order valence-electron chi connectivity index (χ0n) is 10.2. The maximum atomic E-state index is 11.6. The Kier molecular flexibility index (Phi) is 4.45. The van der Waals surface area contributed by atoms with Gasteiger partial charge in [-0.2, -0.15) is 0 Å². The molecule has 0 saturated carbocycles. The zero-order valence-corrected chi connectivity index (χ0v) is 11.1. The molecule has 2 heterocycles. The number of aliphatic hydroxyl groups excluding tert-OH is 2. The van der Waals surface area contributed by atoms with E-state index in [1.165, 1.54) is 12.3 Å². The predicted molar refractivity (Wildman–Crippen MR) is 62.8 cm³/mol. The van der Waals surface area contributed by atoms with E-state index in [0.29, 0.717) is 0 Å². The minimum Gasteiger partial charge on any atom is -0.390 e. The largest absolute Gasteiger partial charge is 0.469 e. The van der Waals surface area contributed by atoms with Crippen molar-refractivity contribution in [1.29, 1.82) is 0 Å². The van der Waals surface area contributed by atoms with E-state index in [4.69, 9.17) is 14.5 Å². The number of phosphoric ester groups is 1. The van der Waals surface area contributed by atoms with E-state index in [1.54, 1.807) is 0 Å². The van der Waals surface area contributed by atoms with Gasteiger partial charge in [0.1, 0.15) is 18.6 Å². The van der Waals surface area contributed by atoms with E-state index in [0.717, 1.165) is 4.90 Å². The molecule has 0 unspecified atom stereocenters. The van der Waals surface area contributed by atoms with Crippen molar-refractivity contribution < 1.29 is 38.6 Å². The summed E-state index contributed by atoms with van der Waals surface area (Å²) in [6, 6.07) is -0.603. The third-order valence-electron chi connectivity index (χ3n) is 2.86. The molecule has 0 spiro atoms. The molecule has 0 aromatic heterocycles. The molecule has 0 aromatic rings. The molecule has 20 heavy (non-hydrogen) atoms. The van der Waals surface area contributed by atoms with Crippen LogP contribution in [0.1, 0.15) is 6.42 Å². The number of nitrogens with zero attached hydrogens (tertiary/aromatic N) is 1. The van der Waals surface area contributed by atoms with Crippen molar-refractivity contribution in [2.75, 3.05) is 6.61 Å². The van der Waals surface area contributed by atoms with E-state index >= 15 is 0 Å². The molecule has 2 amide bonds. The van der Waals surface area contributed by atoms with E-state index < -0.39 is 45.1 Å². The average Bonchev–Trinajstić information content (AvgIpc) is 2.67. The van der Waals surface area contributed by atoms with Gasteiger partial charge in [-0.3, -0.25) is 9.42 Å². The van der Waals surface area contributed by atoms with Crippen LogP contribution >= 0.6 is 7.82 Å². The number of hydrogen-bond acceptors (Lipinski definition) is 6. The second kappa shape index (κ2) is 5.78. The van der Waals surface area contributed by atoms with Crippen molar-refractivity contribution in [3.05, 3.63) is 12.3 Å². The highest BCUT2D eigenvalue weighted by molar-refractivity contribution is 7.46. The first kappa shape index (κ1) is 15.4. The van der Waals surface area contributed by atoms with Gasteiger partial charge in [-0.1, -0.05) is 0 Å². The van der Waals surface area contributed by atoms with Crippen LogP contribution in [0, 0.1) is 0 Å². The summed E-state index contributed by atoms with van der Waals surface area (Å²) in [7, 11) is -4.65. The molecule has 2 aliphatic rings. The molecule has 4 atom stereocenters. The minimum absolute atomic E-state index is 0.0586. The third kappa shape index (κ3) is 3.76. The molecule has 0 bridgehead atoms. The summed E-state index contributed by atoms with van der Waals surface area (Å²) in [5.41, 5.74) is 0. The molecule has 0 aliphatic carbocycles. The number of carbonyl (C=O) groups is 1. The quantitative estimate of drug-likeness (QED) is 0.391. The molecule has 1 fully saturated rings. The van der Waals surface area contributed by atoms with Crippen molar-refractivity contribution >= 4 is 13.9 Å². The van der Waals surface area contributed by atoms with Crippen LogP contribution in [0.4, 0.5) is 4.79 Å². The Bertz CT molecular complexity index is 451. The molecular formula is C9H15N2O8P. The number of urea groups is 1. The number of ether oxygens (including phenoxy) is 1. The van der Waals surface area contributed by atoms with Crippen LogP contribution in [0.5, 0.6) is 0 Å². The lowest BCUT2D eigenvalue weighted by Crippen LogP contribution is -2.49. The monoisotopic (exact) mass is 310 g/mol. The van der Waals surface area contributed by atoms with Crippen molar-refractivity contribution in [1.82, 2.24) is 10.2 Å². The van der Waals surface area contributed by atoms with Crippen LogP contribution in [0.25, 0.3) is 0 Å². The number of hydrogen-bond donors (Lipinski definition) is 5. The normalized spacial score (nSPS) is 34.4. The van der Waals surface area contributed by atoms with Crippen LogP contribution in [0.15, 0.2) is 12.3 Å². The first-order valence-corrected chi connectivity index (χ1v) is 7.28. The lowest BCUT2D eigenvalue weighted by molar-refractivity contribution is -0.0547. The van der Waals surface area contributed by atoms with E-state index in [-0.39, 0.29) is 6.42 Å². The molecular weight excluding hydrogens is 295 g/mol. The fourth-order valence-corrected chi connectivity index (χ4v) is 2.27. The Balaban J connectivity index is 1.95. The molecule has 5 N–H and O–H groups in total. The number of carbonyl (C=O) groups excluding carboxylic acids is 1. The van der Waals surface area contributed by atoms with Gasteiger partial charge in [0, 0.05) is 12.6 Å². The number of aliphatic hydroxyl groups is 2. The zero-order chi connectivity index (χ0) is 14.9. The standard InChI is InChI=1S/C9H15N2O8P/c12-5-3-8(11-2-1-7(13)10-9(11)14)19-6(5)4-18-20(15,16)17/h1-2,5-8,12-13H,3-4H2,(H,10,14)(H2,15,16,17)/t5-,6+,7+,8+/m0/s1. The van der Waals surface area contributed by atoms with Gasteiger partial charge in [-0.15, -0.1) is 0 Å². The van der Waals surface area contributed by atoms with Crippen LogP contribution in [0.2, 0.25) is 0 Å². The second-order valence-electron chi connectivity index (χ2n) is 4.36. The molecule has 11 heteroatoms. The SMILES string of the molecule is O=C1N[C@H](O)C=CN1[C@H]1C[C@H](O)[C@@H](COP(=O)(O)O)O1. The molecule has 0 aromatic carbocycles. The lowest BCUT2D eigenvalue weighted by atomic mass is 10.2. The molecule has 10 nitrogen and oxygen atoms in total. The van der Waals surface area contributed by atoms with E-state index in [9.17, 15) is 19.6 Å². The van der Waals surface area contributed by atoms with Gasteiger partial charge in [0.05, 0.1) is 12.7 Å². The first-order valence-electron chi connectivity index (χ1n) is 5.75. The Morgan fingerprint density at radius 3 is 2.80 bits per heavy atom. The van der Waals surface area contributed by atoms with Gasteiger partial charge in [0.2, 0.25) is 0 Å². The fraction of sp³-hybridized carbons (Fsp3) is 0.667. The highest BCUT2D eigenvalue weighted by atomic mass is 31.2. The predicted octanol–water partition coefficient (Wildman–Crippen LogP) is -1.57. The molecule has 0 radical (unpaired) electrons. The number of nitrogens with one attached hydrogen (secondary N) is 1. The summed E-state index contributed by atoms with van der Waals surface area (Å²) in [6.07, 6.45) is -1.19. The summed E-state index contributed by atoms with van der Waals surface area (Å²) in [4.78, 5) is 29.9. The highest BCUT2D eigenvalue weighted by Gasteiger charge is 2.40. The maximum Gasteiger partial charge on any atom is 0.469 e. The first-order chi connectivity index (χ1) is 9.26. The minimum atomic E-state index is -4.65. The van der Waals surface area contributed by atoms with Gasteiger partial charge < -0.3 is 30.1 Å². The Morgan fingerprint density at radius 1 is 1.50 bits per heavy atom. The summed E-state index contributed by atoms with van der Waals surface area (Å²) < 4.78 is 20.2. The smallest absolute Gasteiger partial charge is 0.390 e. The average molecular weight is 310 g/mol. The van der Waals surface area contributed by atoms with Crippen LogP contribution in [-0.2, 0) is 13.8 Å². The maximum absolute atomic E-state index is 11.6. The van der Waals surface area contributed by atoms with Crippen molar-refractivity contribution in [3.63, 3.8) is 0 Å². The van der Waals surface area contributed by atoms with Gasteiger partial charge in [-0.05, 0) is 6.08 Å². The Hall–Kier alpha value is -1.00. The molecule has 1 saturated heterocycles. The number of rotatable bonds is 4. The van der Waals surface area contributed by atoms with Gasteiger partial charge >= 0.3 is 13.9 Å². The highest BCUT2D eigenvalue weighted by Crippen LogP contribution is 2.37. The third-order valence-corrected chi connectivity index (χ3v) is 3.34. The molecule has 2 rings (SSSR count).